The molecule has 6 aromatic rings. The Bertz CT molecular complexity index is 2230. The first kappa shape index (κ1) is 43.0. The highest BCUT2D eigenvalue weighted by Crippen LogP contribution is 2.35. The number of hydrogen-bond donors (Lipinski definition) is 4. The van der Waals surface area contributed by atoms with Crippen LogP contribution >= 0.6 is 11.6 Å². The monoisotopic (exact) mass is 842 g/mol. The third-order valence-electron chi connectivity index (χ3n) is 9.50. The average Bonchev–Trinajstić information content (AvgIpc) is 4.02. The minimum atomic E-state index is -2.57. The smallest absolute Gasteiger partial charge is 0.254 e. The number of rotatable bonds is 10. The largest absolute Gasteiger partial charge is 0.448 e. The molecule has 0 bridgehead atoms. The van der Waals surface area contributed by atoms with Crippen LogP contribution in [0.5, 0.6) is 0 Å². The number of anilines is 3. The quantitative estimate of drug-likeness (QED) is 0.0765. The Hall–Kier alpha value is -5.63. The molecule has 8 rings (SSSR count). The van der Waals surface area contributed by atoms with E-state index in [0.717, 1.165) is 22.8 Å². The average molecular weight is 843 g/mol. The molecule has 2 fully saturated rings. The zero-order valence-electron chi connectivity index (χ0n) is 33.1. The summed E-state index contributed by atoms with van der Waals surface area (Å²) in [4.78, 5) is 25.5. The number of nitrogens with one attached hydrogen (secondary N) is 3. The SMILES string of the molecule is Cc1cc(C)n(-c2nc(Cl)cc(NC3CCC(F)(F)CC3)n2)n1.Cc1cc(C)n(-c2nc(NCc3ncco3)cc(NC3CCC(F)(F)CC3)n2)n1.NCc1ncco1. The molecule has 0 amide bonds. The number of oxazole rings is 2. The van der Waals surface area contributed by atoms with E-state index in [1.54, 1.807) is 33.9 Å². The number of nitrogens with two attached hydrogens (primary N) is 1. The van der Waals surface area contributed by atoms with Crippen LogP contribution in [0, 0.1) is 27.7 Å². The molecule has 0 spiro atoms. The maximum Gasteiger partial charge on any atom is 0.254 e. The molecule has 2 aliphatic rings. The first-order valence-electron chi connectivity index (χ1n) is 19.1. The van der Waals surface area contributed by atoms with Gasteiger partial charge in [-0.05, 0) is 65.5 Å². The van der Waals surface area contributed by atoms with E-state index in [-0.39, 0.29) is 42.9 Å². The fraction of sp³-hybridized carbons (Fsp3) is 0.474. The molecule has 2 aliphatic carbocycles. The second-order valence-electron chi connectivity index (χ2n) is 14.5. The summed E-state index contributed by atoms with van der Waals surface area (Å²) in [5.41, 5.74) is 8.64. The van der Waals surface area contributed by atoms with Gasteiger partial charge in [0, 0.05) is 61.3 Å². The highest BCUT2D eigenvalue weighted by Gasteiger charge is 2.36. The van der Waals surface area contributed by atoms with Crippen molar-refractivity contribution in [1.29, 1.82) is 0 Å². The normalized spacial score (nSPS) is 16.4. The zero-order chi connectivity index (χ0) is 42.2. The molecular weight excluding hydrogens is 796 g/mol. The molecule has 0 aliphatic heterocycles. The lowest BCUT2D eigenvalue weighted by Gasteiger charge is -2.29. The van der Waals surface area contributed by atoms with Crippen LogP contribution in [0.25, 0.3) is 11.9 Å². The lowest BCUT2D eigenvalue weighted by Crippen LogP contribution is -2.32. The standard InChI is InChI=1S/C19H23F2N7O.C15H18ClF2N5.C4H6N2O/c1-12-9-13(2)28(27-12)18-25-15(23-11-17-22-7-8-29-17)10-16(26-18)24-14-3-5-19(20,21)6-4-14;1-9-7-10(2)23(22-9)14-20-12(16)8-13(21-14)19-11-3-5-15(17,18)6-4-11;5-3-4-6-1-2-7-4/h7-10,14H,3-6,11H2,1-2H3,(H2,23,24,25,26);7-8,11H,3-6H2,1-2H3,(H,19,20,21);1-2H,3,5H2. The van der Waals surface area contributed by atoms with Gasteiger partial charge in [0.1, 0.15) is 35.1 Å². The first-order valence-corrected chi connectivity index (χ1v) is 19.5. The third kappa shape index (κ3) is 12.4. The van der Waals surface area contributed by atoms with Gasteiger partial charge in [0.05, 0.1) is 36.9 Å². The van der Waals surface area contributed by atoms with Crippen LogP contribution in [0.2, 0.25) is 5.15 Å². The molecule has 0 saturated heterocycles. The van der Waals surface area contributed by atoms with Crippen LogP contribution in [-0.4, -0.2) is 73.4 Å². The van der Waals surface area contributed by atoms with Crippen LogP contribution in [-0.2, 0) is 13.1 Å². The number of halogens is 5. The zero-order valence-corrected chi connectivity index (χ0v) is 33.9. The van der Waals surface area contributed by atoms with Crippen LogP contribution in [0.3, 0.4) is 0 Å². The second-order valence-corrected chi connectivity index (χ2v) is 14.8. The summed E-state index contributed by atoms with van der Waals surface area (Å²) in [5.74, 6) is -1.58. The van der Waals surface area contributed by atoms with Gasteiger partial charge in [0.15, 0.2) is 0 Å². The van der Waals surface area contributed by atoms with Gasteiger partial charge in [0.25, 0.3) is 11.9 Å². The van der Waals surface area contributed by atoms with Crippen molar-refractivity contribution in [3.8, 4) is 11.9 Å². The molecule has 2 saturated carbocycles. The van der Waals surface area contributed by atoms with E-state index in [2.05, 4.69) is 56.1 Å². The van der Waals surface area contributed by atoms with Crippen molar-refractivity contribution < 1.29 is 26.4 Å². The molecule has 5 N–H and O–H groups in total. The number of hydrogen-bond acceptors (Lipinski definition) is 14. The maximum absolute atomic E-state index is 13.5. The van der Waals surface area contributed by atoms with E-state index in [1.807, 2.05) is 39.8 Å². The van der Waals surface area contributed by atoms with Gasteiger partial charge >= 0.3 is 0 Å². The summed E-state index contributed by atoms with van der Waals surface area (Å²) in [6.45, 7) is 8.35. The Kier molecular flexibility index (Phi) is 13.8. The molecule has 0 unspecified atom stereocenters. The predicted octanol–water partition coefficient (Wildman–Crippen LogP) is 7.92. The molecule has 0 radical (unpaired) electrons. The molecule has 6 heterocycles. The van der Waals surface area contributed by atoms with Gasteiger partial charge in [-0.2, -0.15) is 30.1 Å². The number of nitrogens with zero attached hydrogens (tertiary/aromatic N) is 10. The molecule has 0 aromatic carbocycles. The van der Waals surface area contributed by atoms with E-state index in [0.29, 0.717) is 79.9 Å². The minimum absolute atomic E-state index is 0.0334. The molecular formula is C38H47ClF4N14O2. The molecule has 6 aromatic heterocycles. The molecule has 0 atom stereocenters. The van der Waals surface area contributed by atoms with E-state index in [4.69, 9.17) is 26.2 Å². The first-order chi connectivity index (χ1) is 28.1. The highest BCUT2D eigenvalue weighted by atomic mass is 35.5. The third-order valence-corrected chi connectivity index (χ3v) is 9.69. The maximum atomic E-state index is 13.5. The van der Waals surface area contributed by atoms with Gasteiger partial charge in [-0.15, -0.1) is 0 Å². The van der Waals surface area contributed by atoms with Gasteiger partial charge in [-0.1, -0.05) is 11.6 Å². The van der Waals surface area contributed by atoms with Crippen molar-refractivity contribution in [2.45, 2.75) is 116 Å². The van der Waals surface area contributed by atoms with Crippen LogP contribution in [0.4, 0.5) is 35.0 Å². The number of aromatic nitrogens is 10. The minimum Gasteiger partial charge on any atom is -0.448 e. The summed E-state index contributed by atoms with van der Waals surface area (Å²) in [6.07, 6.45) is 7.31. The van der Waals surface area contributed by atoms with Crippen molar-refractivity contribution in [1.82, 2.24) is 49.5 Å². The van der Waals surface area contributed by atoms with Gasteiger partial charge in [-0.25, -0.2) is 36.9 Å². The van der Waals surface area contributed by atoms with Crippen molar-refractivity contribution in [3.05, 3.63) is 88.9 Å². The Labute approximate surface area is 342 Å². The summed E-state index contributed by atoms with van der Waals surface area (Å²) < 4.78 is 66.6. The second kappa shape index (κ2) is 19.0. The van der Waals surface area contributed by atoms with E-state index in [9.17, 15) is 17.6 Å². The highest BCUT2D eigenvalue weighted by molar-refractivity contribution is 6.29. The van der Waals surface area contributed by atoms with Gasteiger partial charge in [0.2, 0.25) is 23.6 Å². The van der Waals surface area contributed by atoms with Crippen molar-refractivity contribution >= 4 is 29.1 Å². The van der Waals surface area contributed by atoms with E-state index >= 15 is 0 Å². The lowest BCUT2D eigenvalue weighted by atomic mass is 9.92. The van der Waals surface area contributed by atoms with E-state index < -0.39 is 11.8 Å². The van der Waals surface area contributed by atoms with Crippen molar-refractivity contribution in [2.24, 2.45) is 5.73 Å². The Morgan fingerprint density at radius 2 is 1.14 bits per heavy atom. The molecule has 316 valence electrons. The molecule has 16 nitrogen and oxygen atoms in total. The summed E-state index contributed by atoms with van der Waals surface area (Å²) >= 11 is 6.07. The van der Waals surface area contributed by atoms with Crippen LogP contribution < -0.4 is 21.7 Å². The van der Waals surface area contributed by atoms with Crippen molar-refractivity contribution in [2.75, 3.05) is 16.0 Å². The molecule has 59 heavy (non-hydrogen) atoms. The number of aryl methyl sites for hydroxylation is 4. The lowest BCUT2D eigenvalue weighted by molar-refractivity contribution is -0.0366. The van der Waals surface area contributed by atoms with Crippen molar-refractivity contribution in [3.63, 3.8) is 0 Å². The van der Waals surface area contributed by atoms with E-state index in [1.165, 1.54) is 12.5 Å². The fourth-order valence-electron chi connectivity index (χ4n) is 6.58. The van der Waals surface area contributed by atoms with Gasteiger partial charge in [-0.3, -0.25) is 0 Å². The summed E-state index contributed by atoms with van der Waals surface area (Å²) in [6, 6.07) is 7.12. The summed E-state index contributed by atoms with van der Waals surface area (Å²) in [5, 5.41) is 18.7. The van der Waals surface area contributed by atoms with Crippen LogP contribution in [0.15, 0.2) is 58.0 Å². The Morgan fingerprint density at radius 3 is 1.56 bits per heavy atom. The summed E-state index contributed by atoms with van der Waals surface area (Å²) in [7, 11) is 0. The van der Waals surface area contributed by atoms with Gasteiger partial charge < -0.3 is 30.5 Å². The number of alkyl halides is 4. The predicted molar refractivity (Wildman–Crippen MR) is 212 cm³/mol. The topological polar surface area (TPSA) is 201 Å². The van der Waals surface area contributed by atoms with Crippen LogP contribution in [0.1, 0.15) is 85.9 Å². The Balaban J connectivity index is 0.000000173. The molecule has 21 heteroatoms. The fourth-order valence-corrected chi connectivity index (χ4v) is 6.76. The Morgan fingerprint density at radius 1 is 0.678 bits per heavy atom.